The van der Waals surface area contributed by atoms with E-state index in [1.807, 2.05) is 0 Å². The van der Waals surface area contributed by atoms with Gasteiger partial charge >= 0.3 is 0 Å². The van der Waals surface area contributed by atoms with Crippen LogP contribution in [0, 0.1) is 5.92 Å². The topological polar surface area (TPSA) is 0 Å². The Bertz CT molecular complexity index is 237. The van der Waals surface area contributed by atoms with E-state index in [0.717, 1.165) is 11.8 Å². The van der Waals surface area contributed by atoms with Gasteiger partial charge in [0.1, 0.15) is 0 Å². The van der Waals surface area contributed by atoms with Gasteiger partial charge in [0.15, 0.2) is 0 Å². The Balaban J connectivity index is 2.11. The van der Waals surface area contributed by atoms with E-state index in [-0.39, 0.29) is 0 Å². The normalized spacial score (nSPS) is 29.1. The lowest BCUT2D eigenvalue weighted by Gasteiger charge is -2.08. The van der Waals surface area contributed by atoms with Crippen LogP contribution in [0.25, 0.3) is 0 Å². The molecule has 64 valence electrons. The molecule has 0 bridgehead atoms. The van der Waals surface area contributed by atoms with Crippen molar-refractivity contribution in [1.82, 2.24) is 0 Å². The summed E-state index contributed by atoms with van der Waals surface area (Å²) in [5.74, 6) is 1.79. The summed E-state index contributed by atoms with van der Waals surface area (Å²) in [5.41, 5.74) is 1.54. The SMILES string of the molecule is CC1CCC(c2ccccc2)C1. The predicted octanol–water partition coefficient (Wildman–Crippen LogP) is 3.59. The molecule has 0 nitrogen and oxygen atoms in total. The Kier molecular flexibility index (Phi) is 2.16. The van der Waals surface area contributed by atoms with Crippen molar-refractivity contribution >= 4 is 0 Å². The Labute approximate surface area is 74.6 Å². The first-order valence-corrected chi connectivity index (χ1v) is 4.91. The van der Waals surface area contributed by atoms with Gasteiger partial charge in [0.2, 0.25) is 0 Å². The van der Waals surface area contributed by atoms with E-state index in [1.54, 1.807) is 5.56 Å². The second kappa shape index (κ2) is 3.30. The minimum absolute atomic E-state index is 0.848. The van der Waals surface area contributed by atoms with Crippen LogP contribution in [-0.4, -0.2) is 0 Å². The lowest BCUT2D eigenvalue weighted by atomic mass is 9.97. The molecule has 1 fully saturated rings. The van der Waals surface area contributed by atoms with Crippen molar-refractivity contribution in [2.75, 3.05) is 0 Å². The Hall–Kier alpha value is -0.780. The summed E-state index contributed by atoms with van der Waals surface area (Å²) in [4.78, 5) is 0. The summed E-state index contributed by atoms with van der Waals surface area (Å²) in [6.07, 6.45) is 4.20. The molecule has 0 spiro atoms. The van der Waals surface area contributed by atoms with Gasteiger partial charge in [0.05, 0.1) is 0 Å². The van der Waals surface area contributed by atoms with Crippen LogP contribution in [0.15, 0.2) is 30.3 Å². The van der Waals surface area contributed by atoms with Gasteiger partial charge in [0.25, 0.3) is 0 Å². The standard InChI is InChI=1S/C12H16/c1-10-7-8-12(9-10)11-5-3-2-4-6-11/h2-6,10,12H,7-9H2,1H3. The molecule has 2 rings (SSSR count). The summed E-state index contributed by atoms with van der Waals surface area (Å²) in [5, 5.41) is 0. The van der Waals surface area contributed by atoms with Crippen molar-refractivity contribution in [3.63, 3.8) is 0 Å². The second-order valence-electron chi connectivity index (χ2n) is 4.03. The molecule has 0 heterocycles. The van der Waals surface area contributed by atoms with Crippen molar-refractivity contribution in [2.45, 2.75) is 32.1 Å². The molecule has 1 saturated carbocycles. The van der Waals surface area contributed by atoms with Crippen LogP contribution in [0.5, 0.6) is 0 Å². The van der Waals surface area contributed by atoms with Crippen molar-refractivity contribution in [1.29, 1.82) is 0 Å². The van der Waals surface area contributed by atoms with Crippen LogP contribution in [0.3, 0.4) is 0 Å². The van der Waals surface area contributed by atoms with Gasteiger partial charge in [-0.05, 0) is 30.2 Å². The van der Waals surface area contributed by atoms with Crippen LogP contribution in [-0.2, 0) is 0 Å². The molecule has 2 atom stereocenters. The molecule has 0 radical (unpaired) electrons. The lowest BCUT2D eigenvalue weighted by Crippen LogP contribution is -1.92. The molecule has 2 unspecified atom stereocenters. The summed E-state index contributed by atoms with van der Waals surface area (Å²) in [6.45, 7) is 2.36. The molecule has 1 aliphatic carbocycles. The first-order chi connectivity index (χ1) is 5.86. The van der Waals surface area contributed by atoms with Crippen LogP contribution < -0.4 is 0 Å². The number of benzene rings is 1. The first kappa shape index (κ1) is 7.85. The van der Waals surface area contributed by atoms with E-state index in [4.69, 9.17) is 0 Å². The van der Waals surface area contributed by atoms with Crippen molar-refractivity contribution < 1.29 is 0 Å². The third-order valence-electron chi connectivity index (χ3n) is 2.97. The largest absolute Gasteiger partial charge is 0.0625 e. The molecule has 0 amide bonds. The molecule has 0 N–H and O–H groups in total. The highest BCUT2D eigenvalue weighted by molar-refractivity contribution is 5.20. The van der Waals surface area contributed by atoms with Gasteiger partial charge in [-0.25, -0.2) is 0 Å². The van der Waals surface area contributed by atoms with Crippen LogP contribution in [0.4, 0.5) is 0 Å². The molecule has 12 heavy (non-hydrogen) atoms. The highest BCUT2D eigenvalue weighted by atomic mass is 14.3. The maximum absolute atomic E-state index is 2.36. The highest BCUT2D eigenvalue weighted by Crippen LogP contribution is 2.37. The molecule has 1 aromatic carbocycles. The first-order valence-electron chi connectivity index (χ1n) is 4.91. The van der Waals surface area contributed by atoms with E-state index in [9.17, 15) is 0 Å². The summed E-state index contributed by atoms with van der Waals surface area (Å²) >= 11 is 0. The summed E-state index contributed by atoms with van der Waals surface area (Å²) in [7, 11) is 0. The number of hydrogen-bond acceptors (Lipinski definition) is 0. The zero-order valence-electron chi connectivity index (χ0n) is 7.66. The third kappa shape index (κ3) is 1.52. The lowest BCUT2D eigenvalue weighted by molar-refractivity contribution is 0.596. The zero-order chi connectivity index (χ0) is 8.39. The van der Waals surface area contributed by atoms with Gasteiger partial charge in [-0.2, -0.15) is 0 Å². The van der Waals surface area contributed by atoms with Gasteiger partial charge in [-0.3, -0.25) is 0 Å². The molecular formula is C12H16. The maximum atomic E-state index is 2.36. The fourth-order valence-corrected chi connectivity index (χ4v) is 2.24. The predicted molar refractivity (Wildman–Crippen MR) is 52.2 cm³/mol. The maximum Gasteiger partial charge on any atom is -0.0159 e. The van der Waals surface area contributed by atoms with Crippen LogP contribution >= 0.6 is 0 Å². The summed E-state index contributed by atoms with van der Waals surface area (Å²) < 4.78 is 0. The third-order valence-corrected chi connectivity index (χ3v) is 2.97. The summed E-state index contributed by atoms with van der Waals surface area (Å²) in [6, 6.07) is 10.9. The smallest absolute Gasteiger partial charge is 0.0159 e. The van der Waals surface area contributed by atoms with Gasteiger partial charge in [-0.15, -0.1) is 0 Å². The fourth-order valence-electron chi connectivity index (χ4n) is 2.24. The zero-order valence-corrected chi connectivity index (χ0v) is 7.66. The van der Waals surface area contributed by atoms with Crippen LogP contribution in [0.2, 0.25) is 0 Å². The molecular weight excluding hydrogens is 144 g/mol. The van der Waals surface area contributed by atoms with E-state index in [1.165, 1.54) is 19.3 Å². The molecule has 0 saturated heterocycles. The molecule has 0 heteroatoms. The van der Waals surface area contributed by atoms with Gasteiger partial charge in [-0.1, -0.05) is 43.7 Å². The van der Waals surface area contributed by atoms with E-state index in [2.05, 4.69) is 37.3 Å². The van der Waals surface area contributed by atoms with Crippen molar-refractivity contribution in [2.24, 2.45) is 5.92 Å². The molecule has 0 aliphatic heterocycles. The Morgan fingerprint density at radius 1 is 1.08 bits per heavy atom. The van der Waals surface area contributed by atoms with Crippen molar-refractivity contribution in [3.05, 3.63) is 35.9 Å². The van der Waals surface area contributed by atoms with E-state index >= 15 is 0 Å². The molecule has 1 aliphatic rings. The van der Waals surface area contributed by atoms with E-state index < -0.39 is 0 Å². The average molecular weight is 160 g/mol. The molecule has 1 aromatic rings. The quantitative estimate of drug-likeness (QED) is 0.589. The molecule has 0 aromatic heterocycles. The van der Waals surface area contributed by atoms with E-state index in [0.29, 0.717) is 0 Å². The Morgan fingerprint density at radius 3 is 2.42 bits per heavy atom. The van der Waals surface area contributed by atoms with Gasteiger partial charge in [0, 0.05) is 0 Å². The Morgan fingerprint density at radius 2 is 1.83 bits per heavy atom. The van der Waals surface area contributed by atoms with Crippen LogP contribution in [0.1, 0.15) is 37.7 Å². The highest BCUT2D eigenvalue weighted by Gasteiger charge is 2.21. The fraction of sp³-hybridized carbons (Fsp3) is 0.500. The number of hydrogen-bond donors (Lipinski definition) is 0. The second-order valence-corrected chi connectivity index (χ2v) is 4.03. The van der Waals surface area contributed by atoms with Crippen molar-refractivity contribution in [3.8, 4) is 0 Å². The average Bonchev–Trinajstić information content (AvgIpc) is 2.54. The minimum atomic E-state index is 0.848. The van der Waals surface area contributed by atoms with Gasteiger partial charge < -0.3 is 0 Å². The monoisotopic (exact) mass is 160 g/mol. The number of rotatable bonds is 1. The minimum Gasteiger partial charge on any atom is -0.0625 e.